The lowest BCUT2D eigenvalue weighted by Gasteiger charge is -2.41. The van der Waals surface area contributed by atoms with Crippen LogP contribution >= 0.6 is 11.3 Å². The van der Waals surface area contributed by atoms with Gasteiger partial charge < -0.3 is 9.47 Å². The summed E-state index contributed by atoms with van der Waals surface area (Å²) in [5, 5.41) is 0.946. The molecule has 6 heteroatoms. The van der Waals surface area contributed by atoms with Crippen molar-refractivity contribution in [3.63, 3.8) is 0 Å². The lowest BCUT2D eigenvalue weighted by Crippen LogP contribution is -2.48. The Morgan fingerprint density at radius 3 is 2.74 bits per heavy atom. The molecule has 2 atom stereocenters. The van der Waals surface area contributed by atoms with Gasteiger partial charge >= 0.3 is 0 Å². The maximum atomic E-state index is 5.56. The molecule has 0 radical (unpaired) electrons. The van der Waals surface area contributed by atoms with Gasteiger partial charge in [0, 0.05) is 36.8 Å². The van der Waals surface area contributed by atoms with Crippen LogP contribution in [0.4, 0.5) is 0 Å². The first-order valence-electron chi connectivity index (χ1n) is 9.83. The fraction of sp³-hybridized carbons (Fsp3) is 0.571. The summed E-state index contributed by atoms with van der Waals surface area (Å²) in [6, 6.07) is 11.4. The number of ether oxygens (including phenoxy) is 2. The second-order valence-electron chi connectivity index (χ2n) is 7.71. The van der Waals surface area contributed by atoms with Crippen molar-refractivity contribution in [1.82, 2.24) is 14.8 Å². The Morgan fingerprint density at radius 2 is 2.00 bits per heavy atom. The molecule has 2 aliphatic rings. The number of benzene rings is 1. The van der Waals surface area contributed by atoms with Crippen LogP contribution in [-0.4, -0.2) is 54.2 Å². The van der Waals surface area contributed by atoms with Crippen LogP contribution in [0.2, 0.25) is 0 Å². The summed E-state index contributed by atoms with van der Waals surface area (Å²) in [4.78, 5) is 10.9. The third kappa shape index (κ3) is 4.76. The molecule has 0 aliphatic carbocycles. The topological polar surface area (TPSA) is 37.8 Å². The molecule has 2 saturated heterocycles. The van der Waals surface area contributed by atoms with Crippen molar-refractivity contribution in [2.24, 2.45) is 5.92 Å². The molecule has 1 aromatic heterocycles. The van der Waals surface area contributed by atoms with Crippen LogP contribution in [-0.2, 0) is 22.6 Å². The molecule has 0 N–H and O–H groups in total. The van der Waals surface area contributed by atoms with Gasteiger partial charge in [-0.2, -0.15) is 0 Å². The predicted molar refractivity (Wildman–Crippen MR) is 108 cm³/mol. The Labute approximate surface area is 165 Å². The van der Waals surface area contributed by atoms with E-state index in [-0.39, 0.29) is 6.29 Å². The minimum atomic E-state index is -0.255. The average molecular weight is 388 g/mol. The first kappa shape index (κ1) is 19.0. The van der Waals surface area contributed by atoms with E-state index in [0.717, 1.165) is 31.2 Å². The summed E-state index contributed by atoms with van der Waals surface area (Å²) in [5.41, 5.74) is 1.41. The Morgan fingerprint density at radius 1 is 1.22 bits per heavy atom. The van der Waals surface area contributed by atoms with Crippen molar-refractivity contribution >= 4 is 11.3 Å². The quantitative estimate of drug-likeness (QED) is 0.758. The van der Waals surface area contributed by atoms with Crippen LogP contribution in [0, 0.1) is 5.92 Å². The molecule has 0 saturated carbocycles. The SMILES string of the molecule is C[C@@H]1CN(Cc2ccccc2)CC[C@@H]1N(C)Cc1cnc(C2OCCO2)s1. The summed E-state index contributed by atoms with van der Waals surface area (Å²) in [5.74, 6) is 0.654. The fourth-order valence-corrected chi connectivity index (χ4v) is 5.21. The Balaban J connectivity index is 1.30. The van der Waals surface area contributed by atoms with Crippen molar-refractivity contribution < 1.29 is 9.47 Å². The highest BCUT2D eigenvalue weighted by molar-refractivity contribution is 7.11. The molecule has 27 heavy (non-hydrogen) atoms. The number of hydrogen-bond acceptors (Lipinski definition) is 6. The molecule has 2 aliphatic heterocycles. The Hall–Kier alpha value is -1.31. The van der Waals surface area contributed by atoms with Gasteiger partial charge in [0.1, 0.15) is 5.01 Å². The minimum absolute atomic E-state index is 0.255. The van der Waals surface area contributed by atoms with Gasteiger partial charge in [0.25, 0.3) is 0 Å². The summed E-state index contributed by atoms with van der Waals surface area (Å²) in [6.45, 7) is 8.03. The fourth-order valence-electron chi connectivity index (χ4n) is 4.23. The zero-order valence-electron chi connectivity index (χ0n) is 16.2. The molecule has 4 rings (SSSR count). The average Bonchev–Trinajstić information content (AvgIpc) is 3.34. The summed E-state index contributed by atoms with van der Waals surface area (Å²) >= 11 is 1.71. The highest BCUT2D eigenvalue weighted by Crippen LogP contribution is 2.29. The minimum Gasteiger partial charge on any atom is -0.344 e. The Kier molecular flexibility index (Phi) is 6.20. The van der Waals surface area contributed by atoms with E-state index in [1.54, 1.807) is 11.3 Å². The number of thiazole rings is 1. The van der Waals surface area contributed by atoms with E-state index >= 15 is 0 Å². The first-order chi connectivity index (χ1) is 13.2. The Bertz CT molecular complexity index is 717. The third-order valence-electron chi connectivity index (χ3n) is 5.56. The number of rotatable bonds is 6. The third-order valence-corrected chi connectivity index (χ3v) is 6.56. The van der Waals surface area contributed by atoms with Crippen molar-refractivity contribution in [1.29, 1.82) is 0 Å². The van der Waals surface area contributed by atoms with Gasteiger partial charge in [-0.05, 0) is 31.5 Å². The van der Waals surface area contributed by atoms with Crippen molar-refractivity contribution in [2.75, 3.05) is 33.4 Å². The van der Waals surface area contributed by atoms with E-state index in [9.17, 15) is 0 Å². The normalized spacial score (nSPS) is 24.7. The maximum absolute atomic E-state index is 5.56. The molecule has 0 amide bonds. The second kappa shape index (κ2) is 8.80. The van der Waals surface area contributed by atoms with Gasteiger partial charge in [-0.25, -0.2) is 4.98 Å². The molecule has 0 unspecified atom stereocenters. The van der Waals surface area contributed by atoms with Gasteiger partial charge in [0.05, 0.1) is 13.2 Å². The van der Waals surface area contributed by atoms with E-state index in [1.807, 2.05) is 6.20 Å². The lowest BCUT2D eigenvalue weighted by atomic mass is 9.92. The summed E-state index contributed by atoms with van der Waals surface area (Å²) < 4.78 is 11.1. The smallest absolute Gasteiger partial charge is 0.211 e. The molecule has 5 nitrogen and oxygen atoms in total. The molecule has 3 heterocycles. The molecule has 2 fully saturated rings. The summed E-state index contributed by atoms with van der Waals surface area (Å²) in [7, 11) is 2.25. The number of nitrogens with zero attached hydrogens (tertiary/aromatic N) is 3. The van der Waals surface area contributed by atoms with Gasteiger partial charge in [0.15, 0.2) is 0 Å². The number of hydrogen-bond donors (Lipinski definition) is 0. The largest absolute Gasteiger partial charge is 0.344 e. The van der Waals surface area contributed by atoms with Crippen LogP contribution in [0.5, 0.6) is 0 Å². The monoisotopic (exact) mass is 387 g/mol. The van der Waals surface area contributed by atoms with Gasteiger partial charge in [-0.1, -0.05) is 37.3 Å². The first-order valence-corrected chi connectivity index (χ1v) is 10.6. The van der Waals surface area contributed by atoms with E-state index < -0.39 is 0 Å². The molecule has 1 aromatic carbocycles. The van der Waals surface area contributed by atoms with Crippen LogP contribution in [0.25, 0.3) is 0 Å². The zero-order chi connectivity index (χ0) is 18.6. The number of likely N-dealkylation sites (tertiary alicyclic amines) is 1. The molecule has 2 aromatic rings. The van der Waals surface area contributed by atoms with E-state index in [0.29, 0.717) is 25.2 Å². The van der Waals surface area contributed by atoms with Crippen LogP contribution in [0.15, 0.2) is 36.5 Å². The van der Waals surface area contributed by atoms with Crippen molar-refractivity contribution in [3.05, 3.63) is 52.0 Å². The molecule has 0 bridgehead atoms. The lowest BCUT2D eigenvalue weighted by molar-refractivity contribution is -0.0442. The summed E-state index contributed by atoms with van der Waals surface area (Å²) in [6.07, 6.45) is 2.94. The highest BCUT2D eigenvalue weighted by Gasteiger charge is 2.29. The van der Waals surface area contributed by atoms with Crippen LogP contribution in [0.3, 0.4) is 0 Å². The van der Waals surface area contributed by atoms with Crippen molar-refractivity contribution in [2.45, 2.75) is 38.8 Å². The number of piperidine rings is 1. The highest BCUT2D eigenvalue weighted by atomic mass is 32.1. The van der Waals surface area contributed by atoms with Gasteiger partial charge in [-0.3, -0.25) is 9.80 Å². The van der Waals surface area contributed by atoms with E-state index in [1.165, 1.54) is 16.9 Å². The molecular weight excluding hydrogens is 358 g/mol. The van der Waals surface area contributed by atoms with E-state index in [4.69, 9.17) is 9.47 Å². The molecule has 146 valence electrons. The van der Waals surface area contributed by atoms with Crippen molar-refractivity contribution in [3.8, 4) is 0 Å². The molecule has 0 spiro atoms. The van der Waals surface area contributed by atoms with Gasteiger partial charge in [0.2, 0.25) is 6.29 Å². The number of aromatic nitrogens is 1. The standard InChI is InChI=1S/C21H29N3O2S/c1-16-13-24(14-17-6-4-3-5-7-17)9-8-19(16)23(2)15-18-12-22-20(27-18)21-25-10-11-26-21/h3-7,12,16,19,21H,8-11,13-15H2,1-2H3/t16-,19+/m1/s1. The van der Waals surface area contributed by atoms with Crippen LogP contribution in [0.1, 0.15) is 35.1 Å². The van der Waals surface area contributed by atoms with Gasteiger partial charge in [-0.15, -0.1) is 11.3 Å². The van der Waals surface area contributed by atoms with E-state index in [2.05, 4.69) is 59.1 Å². The maximum Gasteiger partial charge on any atom is 0.211 e. The zero-order valence-corrected chi connectivity index (χ0v) is 17.0. The van der Waals surface area contributed by atoms with Crippen LogP contribution < -0.4 is 0 Å². The predicted octanol–water partition coefficient (Wildman–Crippen LogP) is 3.53. The molecular formula is C21H29N3O2S. The second-order valence-corrected chi connectivity index (χ2v) is 8.85.